The number of nitrogens with zero attached hydrogens (tertiary/aromatic N) is 2. The minimum atomic E-state index is -0.808. The molecule has 2 atom stereocenters. The lowest BCUT2D eigenvalue weighted by atomic mass is 9.81. The van der Waals surface area contributed by atoms with Crippen molar-refractivity contribution in [1.82, 2.24) is 9.88 Å². The first-order valence-corrected chi connectivity index (χ1v) is 7.55. The van der Waals surface area contributed by atoms with Crippen LogP contribution in [0.3, 0.4) is 0 Å². The van der Waals surface area contributed by atoms with E-state index in [2.05, 4.69) is 16.8 Å². The van der Waals surface area contributed by atoms with E-state index in [-0.39, 0.29) is 6.04 Å². The standard InChI is InChI=1S/C16H19ClN2O2/c1-12-10-16(20,13-3-2-4-14(17)9-13)5-7-19(12)11-15-18-6-8-21-15/h2-4,6,8-9,12,20H,5,7,10-11H2,1H3/t12-,16+/m0/s1. The number of hydrogen-bond donors (Lipinski definition) is 1. The highest BCUT2D eigenvalue weighted by molar-refractivity contribution is 6.30. The number of aliphatic hydroxyl groups is 1. The van der Waals surface area contributed by atoms with Crippen molar-refractivity contribution >= 4 is 11.6 Å². The minimum absolute atomic E-state index is 0.245. The zero-order valence-electron chi connectivity index (χ0n) is 12.0. The maximum absolute atomic E-state index is 11.0. The first-order valence-electron chi connectivity index (χ1n) is 7.18. The number of hydrogen-bond acceptors (Lipinski definition) is 4. The van der Waals surface area contributed by atoms with Gasteiger partial charge < -0.3 is 9.52 Å². The van der Waals surface area contributed by atoms with Crippen molar-refractivity contribution in [3.05, 3.63) is 53.2 Å². The van der Waals surface area contributed by atoms with Crippen LogP contribution in [-0.4, -0.2) is 27.6 Å². The monoisotopic (exact) mass is 306 g/mol. The fourth-order valence-electron chi connectivity index (χ4n) is 3.05. The van der Waals surface area contributed by atoms with Gasteiger partial charge in [-0.25, -0.2) is 4.98 Å². The van der Waals surface area contributed by atoms with Crippen molar-refractivity contribution in [3.63, 3.8) is 0 Å². The molecule has 5 heteroatoms. The summed E-state index contributed by atoms with van der Waals surface area (Å²) in [7, 11) is 0. The third kappa shape index (κ3) is 3.12. The molecule has 21 heavy (non-hydrogen) atoms. The van der Waals surface area contributed by atoms with E-state index < -0.39 is 5.60 Å². The van der Waals surface area contributed by atoms with Gasteiger partial charge in [0.25, 0.3) is 0 Å². The number of aromatic nitrogens is 1. The van der Waals surface area contributed by atoms with Crippen molar-refractivity contribution in [3.8, 4) is 0 Å². The van der Waals surface area contributed by atoms with Crippen molar-refractivity contribution in [1.29, 1.82) is 0 Å². The molecule has 1 N–H and O–H groups in total. The molecule has 0 saturated carbocycles. The quantitative estimate of drug-likeness (QED) is 0.946. The van der Waals surface area contributed by atoms with Crippen molar-refractivity contribution in [2.24, 2.45) is 0 Å². The number of likely N-dealkylation sites (tertiary alicyclic amines) is 1. The SMILES string of the molecule is C[C@H]1C[C@@](O)(c2cccc(Cl)c2)CCN1Cc1ncco1. The van der Waals surface area contributed by atoms with E-state index in [0.29, 0.717) is 24.4 Å². The van der Waals surface area contributed by atoms with Gasteiger partial charge in [0.05, 0.1) is 18.3 Å². The number of benzene rings is 1. The van der Waals surface area contributed by atoms with Crippen LogP contribution in [0.2, 0.25) is 5.02 Å². The Morgan fingerprint density at radius 1 is 1.52 bits per heavy atom. The van der Waals surface area contributed by atoms with E-state index in [1.54, 1.807) is 12.5 Å². The maximum Gasteiger partial charge on any atom is 0.208 e. The van der Waals surface area contributed by atoms with Crippen LogP contribution in [0, 0.1) is 0 Å². The molecule has 1 aliphatic heterocycles. The third-order valence-corrected chi connectivity index (χ3v) is 4.49. The lowest BCUT2D eigenvalue weighted by Gasteiger charge is -2.42. The highest BCUT2D eigenvalue weighted by Crippen LogP contribution is 2.37. The fourth-order valence-corrected chi connectivity index (χ4v) is 3.24. The van der Waals surface area contributed by atoms with Gasteiger partial charge in [-0.15, -0.1) is 0 Å². The van der Waals surface area contributed by atoms with Crippen LogP contribution in [-0.2, 0) is 12.1 Å². The Bertz CT molecular complexity index is 602. The molecule has 112 valence electrons. The molecule has 1 aliphatic rings. The Morgan fingerprint density at radius 2 is 2.38 bits per heavy atom. The Balaban J connectivity index is 1.72. The number of oxazole rings is 1. The molecular weight excluding hydrogens is 288 g/mol. The lowest BCUT2D eigenvalue weighted by molar-refractivity contribution is -0.0520. The van der Waals surface area contributed by atoms with E-state index in [1.807, 2.05) is 24.3 Å². The van der Waals surface area contributed by atoms with Crippen molar-refractivity contribution in [2.75, 3.05) is 6.54 Å². The van der Waals surface area contributed by atoms with E-state index in [4.69, 9.17) is 16.0 Å². The molecule has 0 amide bonds. The summed E-state index contributed by atoms with van der Waals surface area (Å²) < 4.78 is 5.30. The summed E-state index contributed by atoms with van der Waals surface area (Å²) in [5, 5.41) is 11.6. The molecule has 1 aromatic carbocycles. The van der Waals surface area contributed by atoms with E-state index in [1.165, 1.54) is 0 Å². The Morgan fingerprint density at radius 3 is 3.05 bits per heavy atom. The van der Waals surface area contributed by atoms with Crippen LogP contribution in [0.5, 0.6) is 0 Å². The second-order valence-electron chi connectivity index (χ2n) is 5.74. The molecule has 2 heterocycles. The van der Waals surface area contributed by atoms with E-state index in [0.717, 1.165) is 18.0 Å². The second-order valence-corrected chi connectivity index (χ2v) is 6.18. The second kappa shape index (κ2) is 5.79. The molecule has 0 radical (unpaired) electrons. The topological polar surface area (TPSA) is 49.5 Å². The first-order chi connectivity index (χ1) is 10.1. The molecular formula is C16H19ClN2O2. The summed E-state index contributed by atoms with van der Waals surface area (Å²) in [4.78, 5) is 6.45. The van der Waals surface area contributed by atoms with E-state index >= 15 is 0 Å². The Hall–Kier alpha value is -1.36. The third-order valence-electron chi connectivity index (χ3n) is 4.25. The van der Waals surface area contributed by atoms with Gasteiger partial charge in [-0.05, 0) is 37.5 Å². The van der Waals surface area contributed by atoms with Crippen LogP contribution in [0.25, 0.3) is 0 Å². The molecule has 3 rings (SSSR count). The van der Waals surface area contributed by atoms with Gasteiger partial charge in [0.2, 0.25) is 5.89 Å². The van der Waals surface area contributed by atoms with Crippen molar-refractivity contribution in [2.45, 2.75) is 38.0 Å². The van der Waals surface area contributed by atoms with E-state index in [9.17, 15) is 5.11 Å². The Kier molecular flexibility index (Phi) is 4.02. The van der Waals surface area contributed by atoms with Gasteiger partial charge in [-0.2, -0.15) is 0 Å². The van der Waals surface area contributed by atoms with Crippen LogP contribution in [0.15, 0.2) is 41.1 Å². The summed E-state index contributed by atoms with van der Waals surface area (Å²) in [5.41, 5.74) is 0.0925. The summed E-state index contributed by atoms with van der Waals surface area (Å²) >= 11 is 6.04. The fraction of sp³-hybridized carbons (Fsp3) is 0.438. The smallest absolute Gasteiger partial charge is 0.208 e. The highest BCUT2D eigenvalue weighted by Gasteiger charge is 2.38. The average molecular weight is 307 g/mol. The average Bonchev–Trinajstić information content (AvgIpc) is 2.95. The number of rotatable bonds is 3. The van der Waals surface area contributed by atoms with Gasteiger partial charge >= 0.3 is 0 Å². The van der Waals surface area contributed by atoms with Crippen LogP contribution >= 0.6 is 11.6 Å². The molecule has 0 bridgehead atoms. The Labute approximate surface area is 129 Å². The number of piperidine rings is 1. The lowest BCUT2D eigenvalue weighted by Crippen LogP contribution is -2.47. The maximum atomic E-state index is 11.0. The molecule has 4 nitrogen and oxygen atoms in total. The predicted octanol–water partition coefficient (Wildman–Crippen LogP) is 3.20. The van der Waals surface area contributed by atoms with Gasteiger partial charge in [-0.3, -0.25) is 4.90 Å². The van der Waals surface area contributed by atoms with Crippen LogP contribution < -0.4 is 0 Å². The van der Waals surface area contributed by atoms with Gasteiger partial charge in [0.1, 0.15) is 6.26 Å². The summed E-state index contributed by atoms with van der Waals surface area (Å²) in [6.07, 6.45) is 4.60. The van der Waals surface area contributed by atoms with Gasteiger partial charge in [0, 0.05) is 17.6 Å². The normalized spacial score (nSPS) is 26.9. The highest BCUT2D eigenvalue weighted by atomic mass is 35.5. The molecule has 1 saturated heterocycles. The first kappa shape index (κ1) is 14.6. The molecule has 1 aromatic heterocycles. The van der Waals surface area contributed by atoms with Gasteiger partial charge in [-0.1, -0.05) is 23.7 Å². The van der Waals surface area contributed by atoms with Crippen LogP contribution in [0.1, 0.15) is 31.2 Å². The number of halogens is 1. The molecule has 0 spiro atoms. The predicted molar refractivity (Wildman–Crippen MR) is 81.0 cm³/mol. The summed E-state index contributed by atoms with van der Waals surface area (Å²) in [6.45, 7) is 3.60. The molecule has 1 fully saturated rings. The molecule has 0 unspecified atom stereocenters. The molecule has 2 aromatic rings. The zero-order valence-corrected chi connectivity index (χ0v) is 12.8. The zero-order chi connectivity index (χ0) is 14.9. The summed E-state index contributed by atoms with van der Waals surface area (Å²) in [6, 6.07) is 7.77. The largest absolute Gasteiger partial charge is 0.448 e. The summed E-state index contributed by atoms with van der Waals surface area (Å²) in [5.74, 6) is 0.718. The van der Waals surface area contributed by atoms with Crippen molar-refractivity contribution < 1.29 is 9.52 Å². The van der Waals surface area contributed by atoms with Crippen LogP contribution in [0.4, 0.5) is 0 Å². The molecule has 0 aliphatic carbocycles. The van der Waals surface area contributed by atoms with Gasteiger partial charge in [0.15, 0.2) is 0 Å². The minimum Gasteiger partial charge on any atom is -0.448 e.